The Morgan fingerprint density at radius 3 is 2.58 bits per heavy atom. The standard InChI is InChI=1S/C17H21F2NO4/c1-4-24-13-9-17(15(22)23,16(13,2)3)20-14(21)8-10-7-11(18)5-6-12(10)19/h5-7,13H,4,8-9H2,1-3H3,(H,20,21)(H,22,23). The summed E-state index contributed by atoms with van der Waals surface area (Å²) in [6.45, 7) is 5.65. The molecule has 0 aromatic heterocycles. The molecule has 2 rings (SSSR count). The number of nitrogens with one attached hydrogen (secondary N) is 1. The zero-order valence-electron chi connectivity index (χ0n) is 13.9. The number of rotatable bonds is 6. The van der Waals surface area contributed by atoms with E-state index in [9.17, 15) is 23.5 Å². The number of benzene rings is 1. The maximum absolute atomic E-state index is 13.6. The van der Waals surface area contributed by atoms with Gasteiger partial charge in [0.2, 0.25) is 5.91 Å². The Morgan fingerprint density at radius 2 is 2.04 bits per heavy atom. The van der Waals surface area contributed by atoms with E-state index < -0.39 is 40.9 Å². The lowest BCUT2D eigenvalue weighted by Crippen LogP contribution is -2.76. The van der Waals surface area contributed by atoms with Gasteiger partial charge in [0.1, 0.15) is 17.2 Å². The molecule has 0 saturated heterocycles. The van der Waals surface area contributed by atoms with Crippen molar-refractivity contribution in [1.29, 1.82) is 0 Å². The van der Waals surface area contributed by atoms with E-state index in [0.29, 0.717) is 6.61 Å². The molecule has 0 spiro atoms. The third-order valence-corrected chi connectivity index (χ3v) is 4.84. The van der Waals surface area contributed by atoms with E-state index >= 15 is 0 Å². The molecule has 0 aliphatic heterocycles. The number of hydrogen-bond donors (Lipinski definition) is 2. The van der Waals surface area contributed by atoms with Gasteiger partial charge < -0.3 is 15.2 Å². The molecule has 2 N–H and O–H groups in total. The number of aliphatic carboxylic acids is 1. The van der Waals surface area contributed by atoms with Crippen LogP contribution in [0.15, 0.2) is 18.2 Å². The molecule has 24 heavy (non-hydrogen) atoms. The van der Waals surface area contributed by atoms with Crippen LogP contribution in [0.2, 0.25) is 0 Å². The minimum Gasteiger partial charge on any atom is -0.479 e. The van der Waals surface area contributed by atoms with Gasteiger partial charge in [-0.15, -0.1) is 0 Å². The molecule has 1 aromatic carbocycles. The summed E-state index contributed by atoms with van der Waals surface area (Å²) < 4.78 is 32.3. The maximum Gasteiger partial charge on any atom is 0.330 e. The summed E-state index contributed by atoms with van der Waals surface area (Å²) in [5, 5.41) is 12.1. The normalized spacial score (nSPS) is 25.0. The second-order valence-corrected chi connectivity index (χ2v) is 6.54. The number of carbonyl (C=O) groups is 2. The molecular formula is C17H21F2NO4. The number of halogens is 2. The van der Waals surface area contributed by atoms with E-state index in [4.69, 9.17) is 4.74 Å². The van der Waals surface area contributed by atoms with E-state index in [1.165, 1.54) is 0 Å². The van der Waals surface area contributed by atoms with Crippen molar-refractivity contribution in [3.8, 4) is 0 Å². The van der Waals surface area contributed by atoms with E-state index in [1.807, 2.05) is 6.92 Å². The van der Waals surface area contributed by atoms with Gasteiger partial charge in [-0.05, 0) is 25.1 Å². The van der Waals surface area contributed by atoms with Crippen LogP contribution in [0.1, 0.15) is 32.8 Å². The highest BCUT2D eigenvalue weighted by atomic mass is 19.1. The average Bonchev–Trinajstić information content (AvgIpc) is 2.49. The van der Waals surface area contributed by atoms with Crippen molar-refractivity contribution >= 4 is 11.9 Å². The minimum atomic E-state index is -1.49. The Morgan fingerprint density at radius 1 is 1.38 bits per heavy atom. The molecule has 1 amide bonds. The molecule has 2 atom stereocenters. The summed E-state index contributed by atoms with van der Waals surface area (Å²) in [6.07, 6.45) is -0.612. The fraction of sp³-hybridized carbons (Fsp3) is 0.529. The quantitative estimate of drug-likeness (QED) is 0.832. The minimum absolute atomic E-state index is 0.119. The summed E-state index contributed by atoms with van der Waals surface area (Å²) in [5.41, 5.74) is -2.44. The van der Waals surface area contributed by atoms with Crippen molar-refractivity contribution in [1.82, 2.24) is 5.32 Å². The Balaban J connectivity index is 2.16. The van der Waals surface area contributed by atoms with Crippen LogP contribution in [0.25, 0.3) is 0 Å². The second kappa shape index (κ2) is 6.47. The summed E-state index contributed by atoms with van der Waals surface area (Å²) in [5.74, 6) is -3.22. The highest BCUT2D eigenvalue weighted by Gasteiger charge is 2.66. The van der Waals surface area contributed by atoms with Gasteiger partial charge in [0.05, 0.1) is 12.5 Å². The third-order valence-electron chi connectivity index (χ3n) is 4.84. The van der Waals surface area contributed by atoms with Crippen molar-refractivity contribution in [2.24, 2.45) is 5.41 Å². The first-order chi connectivity index (χ1) is 11.1. The van der Waals surface area contributed by atoms with Gasteiger partial charge in [0.25, 0.3) is 0 Å². The maximum atomic E-state index is 13.6. The number of hydrogen-bond acceptors (Lipinski definition) is 3. The zero-order valence-corrected chi connectivity index (χ0v) is 13.9. The summed E-state index contributed by atoms with van der Waals surface area (Å²) in [4.78, 5) is 24.0. The predicted octanol–water partition coefficient (Wildman–Crippen LogP) is 2.28. The van der Waals surface area contributed by atoms with Crippen LogP contribution in [0.4, 0.5) is 8.78 Å². The van der Waals surface area contributed by atoms with Crippen LogP contribution in [0.3, 0.4) is 0 Å². The van der Waals surface area contributed by atoms with Crippen molar-refractivity contribution in [2.75, 3.05) is 6.61 Å². The molecule has 1 aliphatic rings. The van der Waals surface area contributed by atoms with Crippen LogP contribution >= 0.6 is 0 Å². The van der Waals surface area contributed by atoms with E-state index in [-0.39, 0.29) is 18.1 Å². The highest BCUT2D eigenvalue weighted by molar-refractivity contribution is 5.90. The monoisotopic (exact) mass is 341 g/mol. The molecule has 0 heterocycles. The van der Waals surface area contributed by atoms with Crippen LogP contribution in [-0.4, -0.2) is 35.2 Å². The van der Waals surface area contributed by atoms with Gasteiger partial charge in [-0.1, -0.05) is 13.8 Å². The molecule has 132 valence electrons. The van der Waals surface area contributed by atoms with Crippen LogP contribution in [-0.2, 0) is 20.7 Å². The molecule has 7 heteroatoms. The number of carboxylic acids is 1. The van der Waals surface area contributed by atoms with E-state index in [0.717, 1.165) is 18.2 Å². The Hall–Kier alpha value is -2.02. The van der Waals surface area contributed by atoms with Gasteiger partial charge >= 0.3 is 5.97 Å². The number of carbonyl (C=O) groups excluding carboxylic acids is 1. The molecule has 2 unspecified atom stereocenters. The third kappa shape index (κ3) is 3.00. The Kier molecular flexibility index (Phi) is 4.94. The summed E-state index contributed by atoms with van der Waals surface area (Å²) in [6, 6.07) is 2.82. The van der Waals surface area contributed by atoms with Crippen molar-refractivity contribution in [3.63, 3.8) is 0 Å². The smallest absolute Gasteiger partial charge is 0.330 e. The van der Waals surface area contributed by atoms with E-state index in [2.05, 4.69) is 5.32 Å². The van der Waals surface area contributed by atoms with Gasteiger partial charge in [-0.3, -0.25) is 4.79 Å². The molecule has 1 aliphatic carbocycles. The average molecular weight is 341 g/mol. The molecule has 5 nitrogen and oxygen atoms in total. The second-order valence-electron chi connectivity index (χ2n) is 6.54. The van der Waals surface area contributed by atoms with Gasteiger partial charge in [0.15, 0.2) is 0 Å². The molecule has 0 radical (unpaired) electrons. The first-order valence-electron chi connectivity index (χ1n) is 7.74. The Bertz CT molecular complexity index is 662. The van der Waals surface area contributed by atoms with Crippen LogP contribution in [0.5, 0.6) is 0 Å². The molecule has 1 fully saturated rings. The highest BCUT2D eigenvalue weighted by Crippen LogP contribution is 2.51. The summed E-state index contributed by atoms with van der Waals surface area (Å²) in [7, 11) is 0. The number of carboxylic acid groups (broad SMARTS) is 1. The first kappa shape index (κ1) is 18.3. The SMILES string of the molecule is CCOC1CC(NC(=O)Cc2cc(F)ccc2F)(C(=O)O)C1(C)C. The van der Waals surface area contributed by atoms with Crippen LogP contribution in [0, 0.1) is 17.0 Å². The lowest BCUT2D eigenvalue weighted by Gasteiger charge is -2.58. The fourth-order valence-electron chi connectivity index (χ4n) is 3.17. The van der Waals surface area contributed by atoms with Crippen molar-refractivity contribution < 1.29 is 28.2 Å². The summed E-state index contributed by atoms with van der Waals surface area (Å²) >= 11 is 0. The largest absolute Gasteiger partial charge is 0.479 e. The van der Waals surface area contributed by atoms with Crippen molar-refractivity contribution in [3.05, 3.63) is 35.4 Å². The molecular weight excluding hydrogens is 320 g/mol. The zero-order chi connectivity index (χ0) is 18.1. The van der Waals surface area contributed by atoms with Gasteiger partial charge in [-0.25, -0.2) is 13.6 Å². The van der Waals surface area contributed by atoms with E-state index in [1.54, 1.807) is 13.8 Å². The van der Waals surface area contributed by atoms with Gasteiger partial charge in [0, 0.05) is 24.0 Å². The lowest BCUT2D eigenvalue weighted by atomic mass is 9.54. The van der Waals surface area contributed by atoms with Gasteiger partial charge in [-0.2, -0.15) is 0 Å². The van der Waals surface area contributed by atoms with Crippen LogP contribution < -0.4 is 5.32 Å². The number of ether oxygens (including phenoxy) is 1. The van der Waals surface area contributed by atoms with Crippen molar-refractivity contribution in [2.45, 2.75) is 45.3 Å². The molecule has 1 saturated carbocycles. The first-order valence-corrected chi connectivity index (χ1v) is 7.74. The molecule has 0 bridgehead atoms. The fourth-order valence-corrected chi connectivity index (χ4v) is 3.17. The predicted molar refractivity (Wildman–Crippen MR) is 82.4 cm³/mol. The molecule has 1 aromatic rings. The lowest BCUT2D eigenvalue weighted by molar-refractivity contribution is -0.194. The number of amides is 1. The topological polar surface area (TPSA) is 75.6 Å². The Labute approximate surface area is 139 Å².